The van der Waals surface area contributed by atoms with E-state index in [-0.39, 0.29) is 24.8 Å². The molecule has 3 amide bonds. The van der Waals surface area contributed by atoms with Gasteiger partial charge >= 0.3 is 0 Å². The predicted octanol–water partition coefficient (Wildman–Crippen LogP) is 1.99. The Labute approximate surface area is 150 Å². The maximum absolute atomic E-state index is 12.9. The van der Waals surface area contributed by atoms with Crippen molar-refractivity contribution >= 4 is 17.7 Å². The van der Waals surface area contributed by atoms with Gasteiger partial charge in [0.15, 0.2) is 0 Å². The van der Waals surface area contributed by atoms with E-state index >= 15 is 0 Å². The second-order valence-electron chi connectivity index (χ2n) is 6.44. The topological polar surface area (TPSA) is 90.3 Å². The highest BCUT2D eigenvalue weighted by Crippen LogP contribution is 2.33. The smallest absolute Gasteiger partial charge is 0.256 e. The van der Waals surface area contributed by atoms with Gasteiger partial charge in [0.1, 0.15) is 6.04 Å². The summed E-state index contributed by atoms with van der Waals surface area (Å²) in [5.41, 5.74) is 3.22. The number of nitrogens with zero attached hydrogens (tertiary/aromatic N) is 2. The van der Waals surface area contributed by atoms with E-state index in [9.17, 15) is 19.6 Å². The third-order valence-electron chi connectivity index (χ3n) is 4.85. The Morgan fingerprint density at radius 2 is 1.85 bits per heavy atom. The molecule has 1 unspecified atom stereocenters. The van der Waals surface area contributed by atoms with E-state index in [1.165, 1.54) is 4.90 Å². The zero-order chi connectivity index (χ0) is 18.3. The summed E-state index contributed by atoms with van der Waals surface area (Å²) < 4.78 is 0. The van der Waals surface area contributed by atoms with Crippen LogP contribution in [0, 0.1) is 11.3 Å². The molecule has 6 nitrogen and oxygen atoms in total. The van der Waals surface area contributed by atoms with Crippen LogP contribution in [-0.4, -0.2) is 28.7 Å². The summed E-state index contributed by atoms with van der Waals surface area (Å²) in [5.74, 6) is -1.10. The van der Waals surface area contributed by atoms with Crippen LogP contribution in [0.2, 0.25) is 0 Å². The van der Waals surface area contributed by atoms with Crippen LogP contribution in [0.3, 0.4) is 0 Å². The summed E-state index contributed by atoms with van der Waals surface area (Å²) in [5, 5.41) is 11.8. The van der Waals surface area contributed by atoms with Gasteiger partial charge < -0.3 is 4.90 Å². The number of nitriles is 1. The van der Waals surface area contributed by atoms with Crippen LogP contribution in [-0.2, 0) is 16.1 Å². The minimum absolute atomic E-state index is 0.205. The number of rotatable bonds is 2. The fourth-order valence-corrected chi connectivity index (χ4v) is 3.60. The van der Waals surface area contributed by atoms with E-state index in [0.29, 0.717) is 17.5 Å². The molecule has 1 fully saturated rings. The van der Waals surface area contributed by atoms with Crippen molar-refractivity contribution in [1.29, 1.82) is 5.26 Å². The zero-order valence-electron chi connectivity index (χ0n) is 13.9. The highest BCUT2D eigenvalue weighted by Gasteiger charge is 2.40. The highest BCUT2D eigenvalue weighted by molar-refractivity contribution is 6.06. The second kappa shape index (κ2) is 6.12. The minimum atomic E-state index is -0.681. The zero-order valence-corrected chi connectivity index (χ0v) is 13.9. The normalized spacial score (nSPS) is 19.1. The Bertz CT molecular complexity index is 976. The van der Waals surface area contributed by atoms with Crippen molar-refractivity contribution < 1.29 is 14.4 Å². The van der Waals surface area contributed by atoms with Crippen molar-refractivity contribution in [3.8, 4) is 17.2 Å². The van der Waals surface area contributed by atoms with Crippen LogP contribution in [0.1, 0.15) is 34.3 Å². The molecule has 128 valence electrons. The molecule has 0 radical (unpaired) electrons. The number of hydrogen-bond donors (Lipinski definition) is 1. The molecule has 0 spiro atoms. The summed E-state index contributed by atoms with van der Waals surface area (Å²) in [4.78, 5) is 37.8. The molecule has 2 aliphatic heterocycles. The monoisotopic (exact) mass is 345 g/mol. The maximum atomic E-state index is 12.9. The molecule has 2 aromatic rings. The second-order valence-corrected chi connectivity index (χ2v) is 6.44. The number of carbonyl (C=O) groups excluding carboxylic acids is 3. The Balaban J connectivity index is 1.73. The number of nitrogens with one attached hydrogen (secondary N) is 1. The van der Waals surface area contributed by atoms with Gasteiger partial charge in [-0.2, -0.15) is 5.26 Å². The Hall–Kier alpha value is -3.46. The summed E-state index contributed by atoms with van der Waals surface area (Å²) in [6, 6.07) is 14.7. The largest absolute Gasteiger partial charge is 0.322 e. The van der Waals surface area contributed by atoms with Gasteiger partial charge in [0, 0.05) is 13.0 Å². The molecule has 0 aliphatic carbocycles. The van der Waals surface area contributed by atoms with Crippen LogP contribution >= 0.6 is 0 Å². The van der Waals surface area contributed by atoms with Crippen molar-refractivity contribution in [2.45, 2.75) is 25.4 Å². The van der Waals surface area contributed by atoms with Crippen LogP contribution in [0.4, 0.5) is 0 Å². The first kappa shape index (κ1) is 16.0. The third-order valence-corrected chi connectivity index (χ3v) is 4.85. The number of piperidine rings is 1. The Kier molecular flexibility index (Phi) is 3.77. The van der Waals surface area contributed by atoms with Gasteiger partial charge in [-0.1, -0.05) is 30.3 Å². The number of imide groups is 1. The molecule has 1 N–H and O–H groups in total. The first-order valence-corrected chi connectivity index (χ1v) is 8.35. The summed E-state index contributed by atoms with van der Waals surface area (Å²) >= 11 is 0. The van der Waals surface area contributed by atoms with Crippen molar-refractivity contribution in [2.75, 3.05) is 0 Å². The van der Waals surface area contributed by atoms with Gasteiger partial charge in [-0.25, -0.2) is 0 Å². The third kappa shape index (κ3) is 2.54. The van der Waals surface area contributed by atoms with Crippen LogP contribution in [0.15, 0.2) is 42.5 Å². The molecule has 0 aromatic heterocycles. The quantitative estimate of drug-likeness (QED) is 0.843. The standard InChI is InChI=1S/C20H15N3O3/c21-10-14-8-13(12-4-2-1-3-5-12)9-15-11-23(20(26)18(14)15)16-6-7-17(24)22-19(16)25/h1-5,8-9,16H,6-7,11H2,(H,22,24,25). The maximum Gasteiger partial charge on any atom is 0.256 e. The van der Waals surface area contributed by atoms with Gasteiger partial charge in [0.25, 0.3) is 5.91 Å². The fraction of sp³-hybridized carbons (Fsp3) is 0.200. The minimum Gasteiger partial charge on any atom is -0.322 e. The molecule has 1 saturated heterocycles. The van der Waals surface area contributed by atoms with Crippen molar-refractivity contribution in [1.82, 2.24) is 10.2 Å². The lowest BCUT2D eigenvalue weighted by Gasteiger charge is -2.29. The molecule has 0 saturated carbocycles. The van der Waals surface area contributed by atoms with Crippen LogP contribution < -0.4 is 5.32 Å². The summed E-state index contributed by atoms with van der Waals surface area (Å²) in [6.07, 6.45) is 0.509. The molecule has 2 heterocycles. The van der Waals surface area contributed by atoms with E-state index in [2.05, 4.69) is 11.4 Å². The van der Waals surface area contributed by atoms with Crippen LogP contribution in [0.5, 0.6) is 0 Å². The Morgan fingerprint density at radius 3 is 2.54 bits per heavy atom. The lowest BCUT2D eigenvalue weighted by atomic mass is 9.96. The number of fused-ring (bicyclic) bond motifs is 1. The fourth-order valence-electron chi connectivity index (χ4n) is 3.60. The first-order valence-electron chi connectivity index (χ1n) is 8.35. The lowest BCUT2D eigenvalue weighted by molar-refractivity contribution is -0.136. The van der Waals surface area contributed by atoms with Crippen LogP contribution in [0.25, 0.3) is 11.1 Å². The van der Waals surface area contributed by atoms with Gasteiger partial charge in [0.2, 0.25) is 11.8 Å². The van der Waals surface area contributed by atoms with Gasteiger partial charge in [-0.15, -0.1) is 0 Å². The molecule has 0 bridgehead atoms. The Morgan fingerprint density at radius 1 is 1.08 bits per heavy atom. The highest BCUT2D eigenvalue weighted by atomic mass is 16.2. The van der Waals surface area contributed by atoms with Gasteiger partial charge in [0.05, 0.1) is 17.2 Å². The summed E-state index contributed by atoms with van der Waals surface area (Å²) in [6.45, 7) is 0.260. The number of carbonyl (C=O) groups is 3. The lowest BCUT2D eigenvalue weighted by Crippen LogP contribution is -2.52. The molecule has 6 heteroatoms. The SMILES string of the molecule is N#Cc1cc(-c2ccccc2)cc2c1C(=O)N(C1CCC(=O)NC1=O)C2. The molecule has 4 rings (SSSR count). The van der Waals surface area contributed by atoms with Crippen molar-refractivity contribution in [2.24, 2.45) is 0 Å². The molecule has 26 heavy (non-hydrogen) atoms. The van der Waals surface area contributed by atoms with Crippen molar-refractivity contribution in [3.63, 3.8) is 0 Å². The average molecular weight is 345 g/mol. The van der Waals surface area contributed by atoms with Gasteiger partial charge in [-0.05, 0) is 35.2 Å². The van der Waals surface area contributed by atoms with E-state index in [0.717, 1.165) is 16.7 Å². The van der Waals surface area contributed by atoms with Gasteiger partial charge in [-0.3, -0.25) is 19.7 Å². The predicted molar refractivity (Wildman–Crippen MR) is 92.6 cm³/mol. The number of amides is 3. The van der Waals surface area contributed by atoms with Crippen molar-refractivity contribution in [3.05, 3.63) is 59.2 Å². The van der Waals surface area contributed by atoms with E-state index < -0.39 is 11.9 Å². The molecule has 2 aromatic carbocycles. The molecular weight excluding hydrogens is 330 g/mol. The number of benzene rings is 2. The average Bonchev–Trinajstić information content (AvgIpc) is 2.98. The molecule has 1 atom stereocenters. The molecule has 2 aliphatic rings. The molecular formula is C20H15N3O3. The van der Waals surface area contributed by atoms with E-state index in [4.69, 9.17) is 0 Å². The van der Waals surface area contributed by atoms with E-state index in [1.54, 1.807) is 6.07 Å². The number of hydrogen-bond acceptors (Lipinski definition) is 4. The first-order chi connectivity index (χ1) is 12.6. The summed E-state index contributed by atoms with van der Waals surface area (Å²) in [7, 11) is 0. The van der Waals surface area contributed by atoms with E-state index in [1.807, 2.05) is 36.4 Å².